The molecule has 3 N–H and O–H groups in total. The number of carbonyl (C=O) groups excluding carboxylic acids is 2. The molecule has 1 aromatic heterocycles. The summed E-state index contributed by atoms with van der Waals surface area (Å²) in [6.45, 7) is 6.36. The van der Waals surface area contributed by atoms with Crippen LogP contribution >= 0.6 is 0 Å². The lowest BCUT2D eigenvalue weighted by molar-refractivity contribution is -0.137. The number of pyridine rings is 1. The number of anilines is 2. The number of alkyl halides is 3. The molecule has 8 nitrogen and oxygen atoms in total. The molecule has 6 rings (SSSR count). The number of nitrogens with zero attached hydrogens (tertiary/aromatic N) is 3. The third-order valence-electron chi connectivity index (χ3n) is 8.78. The summed E-state index contributed by atoms with van der Waals surface area (Å²) in [5.41, 5.74) is 4.19. The maximum Gasteiger partial charge on any atom is 0.416 e. The van der Waals surface area contributed by atoms with Crippen molar-refractivity contribution in [2.75, 3.05) is 49.5 Å². The Bertz CT molecular complexity index is 1750. The lowest BCUT2D eigenvalue weighted by Crippen LogP contribution is -2.42. The second-order valence-electron chi connectivity index (χ2n) is 12.3. The molecule has 11 heteroatoms. The number of aromatic nitrogens is 1. The highest BCUT2D eigenvalue weighted by molar-refractivity contribution is 6.06. The van der Waals surface area contributed by atoms with Crippen LogP contribution in [0.25, 0.3) is 11.3 Å². The Morgan fingerprint density at radius 2 is 1.54 bits per heavy atom. The molecule has 2 aliphatic heterocycles. The number of rotatable bonds is 9. The van der Waals surface area contributed by atoms with Crippen molar-refractivity contribution >= 4 is 23.2 Å². The fourth-order valence-corrected chi connectivity index (χ4v) is 6.20. The Hall–Kier alpha value is -4.74. The predicted octanol–water partition coefficient (Wildman–Crippen LogP) is 6.35. The van der Waals surface area contributed by atoms with Crippen molar-refractivity contribution in [2.45, 2.75) is 38.5 Å². The molecule has 0 bridgehead atoms. The topological polar surface area (TPSA) is 89.6 Å². The quantitative estimate of drug-likeness (QED) is 0.195. The number of halogens is 3. The molecule has 2 fully saturated rings. The van der Waals surface area contributed by atoms with E-state index in [1.165, 1.54) is 24.8 Å². The van der Waals surface area contributed by atoms with Gasteiger partial charge >= 0.3 is 6.18 Å². The van der Waals surface area contributed by atoms with Crippen molar-refractivity contribution in [1.29, 1.82) is 0 Å². The van der Waals surface area contributed by atoms with Gasteiger partial charge in [0.1, 0.15) is 0 Å². The van der Waals surface area contributed by atoms with Crippen LogP contribution in [0.4, 0.5) is 24.5 Å². The minimum atomic E-state index is -4.47. The molecule has 2 saturated heterocycles. The first-order chi connectivity index (χ1) is 23.2. The van der Waals surface area contributed by atoms with Crippen molar-refractivity contribution in [2.24, 2.45) is 0 Å². The monoisotopic (exact) mass is 656 g/mol. The first-order valence-electron chi connectivity index (χ1n) is 16.4. The van der Waals surface area contributed by atoms with E-state index in [1.54, 1.807) is 18.2 Å². The molecule has 0 unspecified atom stereocenters. The van der Waals surface area contributed by atoms with Crippen LogP contribution in [-0.4, -0.2) is 61.0 Å². The third kappa shape index (κ3) is 8.39. The molecule has 0 spiro atoms. The van der Waals surface area contributed by atoms with Gasteiger partial charge in [0.15, 0.2) is 0 Å². The minimum Gasteiger partial charge on any atom is -0.372 e. The second kappa shape index (κ2) is 15.0. The van der Waals surface area contributed by atoms with Crippen LogP contribution in [0.3, 0.4) is 0 Å². The van der Waals surface area contributed by atoms with Crippen molar-refractivity contribution in [1.82, 2.24) is 20.5 Å². The third-order valence-corrected chi connectivity index (χ3v) is 8.78. The molecule has 2 amide bonds. The van der Waals surface area contributed by atoms with Gasteiger partial charge in [-0.2, -0.15) is 13.2 Å². The smallest absolute Gasteiger partial charge is 0.372 e. The summed E-state index contributed by atoms with van der Waals surface area (Å²) in [5.74, 6) is -0.700. The number of piperidine rings is 1. The normalized spacial score (nSPS) is 15.6. The van der Waals surface area contributed by atoms with Crippen molar-refractivity contribution < 1.29 is 22.8 Å². The summed E-state index contributed by atoms with van der Waals surface area (Å²) in [4.78, 5) is 36.0. The first kappa shape index (κ1) is 33.2. The zero-order valence-corrected chi connectivity index (χ0v) is 26.7. The lowest BCUT2D eigenvalue weighted by Gasteiger charge is -2.29. The average molecular weight is 657 g/mol. The molecule has 0 saturated carbocycles. The van der Waals surface area contributed by atoms with Gasteiger partial charge in [0, 0.05) is 80.9 Å². The average Bonchev–Trinajstić information content (AvgIpc) is 3.11. The van der Waals surface area contributed by atoms with E-state index < -0.39 is 17.6 Å². The summed E-state index contributed by atoms with van der Waals surface area (Å²) >= 11 is 0. The van der Waals surface area contributed by atoms with E-state index in [0.29, 0.717) is 33.6 Å². The Morgan fingerprint density at radius 3 is 2.33 bits per heavy atom. The number of amides is 2. The van der Waals surface area contributed by atoms with Gasteiger partial charge < -0.3 is 20.9 Å². The highest BCUT2D eigenvalue weighted by atomic mass is 19.4. The molecule has 250 valence electrons. The molecule has 2 aliphatic rings. The molecule has 3 aromatic carbocycles. The lowest BCUT2D eigenvalue weighted by atomic mass is 10.0. The van der Waals surface area contributed by atoms with Crippen LogP contribution in [0.15, 0.2) is 85.1 Å². The molecule has 48 heavy (non-hydrogen) atoms. The van der Waals surface area contributed by atoms with Gasteiger partial charge in [0.2, 0.25) is 0 Å². The highest BCUT2D eigenvalue weighted by Crippen LogP contribution is 2.33. The van der Waals surface area contributed by atoms with E-state index in [-0.39, 0.29) is 12.5 Å². The molecule has 0 atom stereocenters. The Kier molecular flexibility index (Phi) is 10.4. The van der Waals surface area contributed by atoms with Gasteiger partial charge in [0.25, 0.3) is 11.8 Å². The maximum atomic E-state index is 13.6. The Labute approximate surface area is 278 Å². The highest BCUT2D eigenvalue weighted by Gasteiger charge is 2.30. The fraction of sp³-hybridized carbons (Fsp3) is 0.324. The van der Waals surface area contributed by atoms with Gasteiger partial charge in [-0.15, -0.1) is 0 Å². The number of carbonyl (C=O) groups is 2. The maximum absolute atomic E-state index is 13.6. The van der Waals surface area contributed by atoms with Gasteiger partial charge in [0.05, 0.1) is 16.9 Å². The van der Waals surface area contributed by atoms with Crippen LogP contribution in [0.1, 0.15) is 56.7 Å². The van der Waals surface area contributed by atoms with E-state index in [1.807, 2.05) is 36.4 Å². The number of nitrogens with one attached hydrogen (secondary N) is 3. The van der Waals surface area contributed by atoms with Crippen molar-refractivity contribution in [3.63, 3.8) is 0 Å². The van der Waals surface area contributed by atoms with Crippen LogP contribution in [0.2, 0.25) is 0 Å². The SMILES string of the molecule is O=C(NCc1cccc(C(F)(F)F)c1)c1ccnc(-c2cc(N3CCCCC3)ccc2NC(=O)c2cccc(CN3CCNCC3)c2)c1. The summed E-state index contributed by atoms with van der Waals surface area (Å²) in [6, 6.07) is 21.6. The van der Waals surface area contributed by atoms with Crippen LogP contribution < -0.4 is 20.9 Å². The van der Waals surface area contributed by atoms with E-state index in [9.17, 15) is 22.8 Å². The van der Waals surface area contributed by atoms with E-state index in [4.69, 9.17) is 0 Å². The molecule has 0 aliphatic carbocycles. The molecule has 4 aromatic rings. The van der Waals surface area contributed by atoms with E-state index in [2.05, 4.69) is 30.7 Å². The summed E-state index contributed by atoms with van der Waals surface area (Å²) in [7, 11) is 0. The van der Waals surface area contributed by atoms with Crippen LogP contribution in [-0.2, 0) is 19.3 Å². The number of hydrogen-bond donors (Lipinski definition) is 3. The van der Waals surface area contributed by atoms with Crippen molar-refractivity contribution in [3.05, 3.63) is 113 Å². The summed E-state index contributed by atoms with van der Waals surface area (Å²) in [5, 5.41) is 9.16. The standard InChI is InChI=1S/C37H39F3N6O2/c38-37(39,40)30-9-5-6-26(21-30)24-43-35(47)29-12-13-42-34(22-29)32-23-31(46-16-2-1-3-17-46)10-11-33(32)44-36(48)28-8-4-7-27(20-28)25-45-18-14-41-15-19-45/h4-13,20-23,41H,1-3,14-19,24-25H2,(H,43,47)(H,44,48). The zero-order chi connectivity index (χ0) is 33.5. The van der Waals surface area contributed by atoms with Gasteiger partial charge in [-0.05, 0) is 85.0 Å². The molecular weight excluding hydrogens is 617 g/mol. The first-order valence-corrected chi connectivity index (χ1v) is 16.4. The fourth-order valence-electron chi connectivity index (χ4n) is 6.20. The number of benzene rings is 3. The van der Waals surface area contributed by atoms with Crippen molar-refractivity contribution in [3.8, 4) is 11.3 Å². The summed E-state index contributed by atoms with van der Waals surface area (Å²) < 4.78 is 39.5. The van der Waals surface area contributed by atoms with Crippen LogP contribution in [0.5, 0.6) is 0 Å². The van der Waals surface area contributed by atoms with Gasteiger partial charge in [-0.25, -0.2) is 0 Å². The molecule has 3 heterocycles. The molecule has 0 radical (unpaired) electrons. The number of hydrogen-bond acceptors (Lipinski definition) is 6. The van der Waals surface area contributed by atoms with Gasteiger partial charge in [-0.3, -0.25) is 19.5 Å². The van der Waals surface area contributed by atoms with Gasteiger partial charge in [-0.1, -0.05) is 24.3 Å². The van der Waals surface area contributed by atoms with E-state index in [0.717, 1.165) is 82.0 Å². The molecular formula is C37H39F3N6O2. The van der Waals surface area contributed by atoms with Crippen LogP contribution in [0, 0.1) is 0 Å². The minimum absolute atomic E-state index is 0.0696. The Morgan fingerprint density at radius 1 is 0.792 bits per heavy atom. The largest absolute Gasteiger partial charge is 0.416 e. The van der Waals surface area contributed by atoms with E-state index >= 15 is 0 Å². The predicted molar refractivity (Wildman–Crippen MR) is 181 cm³/mol. The Balaban J connectivity index is 1.23. The zero-order valence-electron chi connectivity index (χ0n) is 26.7. The second-order valence-corrected chi connectivity index (χ2v) is 12.3. The summed E-state index contributed by atoms with van der Waals surface area (Å²) in [6.07, 6.45) is 0.428. The number of piperazine rings is 1.